The maximum atomic E-state index is 12.3. The number of nitrogens with zero attached hydrogens (tertiary/aromatic N) is 4. The fourth-order valence-corrected chi connectivity index (χ4v) is 4.49. The van der Waals surface area contributed by atoms with Gasteiger partial charge in [0, 0.05) is 32.1 Å². The summed E-state index contributed by atoms with van der Waals surface area (Å²) in [5, 5.41) is 14.6. The van der Waals surface area contributed by atoms with E-state index in [0.29, 0.717) is 19.0 Å². The first-order chi connectivity index (χ1) is 14.3. The lowest BCUT2D eigenvalue weighted by Gasteiger charge is -2.14. The highest BCUT2D eigenvalue weighted by atomic mass is 127. The summed E-state index contributed by atoms with van der Waals surface area (Å²) < 4.78 is 29.3. The SMILES string of the molecule is CCNC(=NCc1ccccc1CS(=O)(=O)NC(C)C)NCCn1cnnc1CC.I. The van der Waals surface area contributed by atoms with Gasteiger partial charge in [0.1, 0.15) is 12.2 Å². The number of rotatable bonds is 11. The van der Waals surface area contributed by atoms with E-state index in [0.717, 1.165) is 36.5 Å². The molecule has 0 aliphatic carbocycles. The summed E-state index contributed by atoms with van der Waals surface area (Å²) in [6, 6.07) is 7.36. The first-order valence-electron chi connectivity index (χ1n) is 10.3. The molecule has 0 unspecified atom stereocenters. The Morgan fingerprint density at radius 3 is 2.52 bits per heavy atom. The number of aliphatic imine (C=N–C) groups is 1. The second-order valence-corrected chi connectivity index (χ2v) is 8.97. The summed E-state index contributed by atoms with van der Waals surface area (Å²) in [5.74, 6) is 1.57. The van der Waals surface area contributed by atoms with Crippen LogP contribution in [0.15, 0.2) is 35.6 Å². The predicted molar refractivity (Wildman–Crippen MR) is 135 cm³/mol. The summed E-state index contributed by atoms with van der Waals surface area (Å²) in [7, 11) is -3.40. The number of hydrogen-bond donors (Lipinski definition) is 3. The molecule has 2 rings (SSSR count). The zero-order valence-electron chi connectivity index (χ0n) is 18.6. The molecule has 0 amide bonds. The van der Waals surface area contributed by atoms with E-state index in [1.807, 2.05) is 56.5 Å². The number of guanidine groups is 1. The minimum Gasteiger partial charge on any atom is -0.357 e. The number of nitrogens with one attached hydrogen (secondary N) is 3. The van der Waals surface area contributed by atoms with Crippen molar-refractivity contribution >= 4 is 40.0 Å². The molecule has 0 saturated carbocycles. The molecule has 9 nitrogen and oxygen atoms in total. The van der Waals surface area contributed by atoms with Crippen molar-refractivity contribution in [3.05, 3.63) is 47.5 Å². The van der Waals surface area contributed by atoms with Crippen LogP contribution in [0.4, 0.5) is 0 Å². The van der Waals surface area contributed by atoms with E-state index in [1.54, 1.807) is 6.33 Å². The average molecular weight is 564 g/mol. The van der Waals surface area contributed by atoms with Gasteiger partial charge in [0.2, 0.25) is 10.0 Å². The maximum Gasteiger partial charge on any atom is 0.216 e. The van der Waals surface area contributed by atoms with Gasteiger partial charge in [-0.3, -0.25) is 0 Å². The molecule has 0 bridgehead atoms. The Balaban J connectivity index is 0.00000480. The van der Waals surface area contributed by atoms with Crippen molar-refractivity contribution in [1.29, 1.82) is 0 Å². The molecule has 0 radical (unpaired) electrons. The van der Waals surface area contributed by atoms with Gasteiger partial charge in [0.15, 0.2) is 5.96 Å². The van der Waals surface area contributed by atoms with Gasteiger partial charge < -0.3 is 15.2 Å². The molecule has 0 aliphatic rings. The van der Waals surface area contributed by atoms with Crippen molar-refractivity contribution in [2.45, 2.75) is 59.0 Å². The smallest absolute Gasteiger partial charge is 0.216 e. The second kappa shape index (κ2) is 13.6. The van der Waals surface area contributed by atoms with Crippen LogP contribution in [0.3, 0.4) is 0 Å². The van der Waals surface area contributed by atoms with Gasteiger partial charge in [-0.05, 0) is 31.9 Å². The standard InChI is InChI=1S/C20H33N7O2S.HI/c1-5-19-25-24-15-27(19)12-11-22-20(21-6-2)23-13-17-9-7-8-10-18(17)14-30(28,29)26-16(3)4;/h7-10,15-16,26H,5-6,11-14H2,1-4H3,(H2,21,22,23);1H. The van der Waals surface area contributed by atoms with Crippen molar-refractivity contribution < 1.29 is 8.42 Å². The summed E-state index contributed by atoms with van der Waals surface area (Å²) in [4.78, 5) is 4.64. The summed E-state index contributed by atoms with van der Waals surface area (Å²) in [5.41, 5.74) is 1.64. The highest BCUT2D eigenvalue weighted by Crippen LogP contribution is 2.13. The van der Waals surface area contributed by atoms with E-state index < -0.39 is 10.0 Å². The lowest BCUT2D eigenvalue weighted by molar-refractivity contribution is 0.569. The van der Waals surface area contributed by atoms with Crippen molar-refractivity contribution in [3.63, 3.8) is 0 Å². The molecule has 31 heavy (non-hydrogen) atoms. The van der Waals surface area contributed by atoms with Gasteiger partial charge in [-0.2, -0.15) is 0 Å². The molecule has 3 N–H and O–H groups in total. The fourth-order valence-electron chi connectivity index (χ4n) is 3.00. The zero-order chi connectivity index (χ0) is 22.0. The maximum absolute atomic E-state index is 12.3. The third-order valence-electron chi connectivity index (χ3n) is 4.29. The van der Waals surface area contributed by atoms with Crippen molar-refractivity contribution in [1.82, 2.24) is 30.1 Å². The molecule has 0 atom stereocenters. The van der Waals surface area contributed by atoms with E-state index in [-0.39, 0.29) is 35.8 Å². The van der Waals surface area contributed by atoms with Crippen LogP contribution in [0.5, 0.6) is 0 Å². The highest BCUT2D eigenvalue weighted by Gasteiger charge is 2.15. The lowest BCUT2D eigenvalue weighted by Crippen LogP contribution is -2.39. The quantitative estimate of drug-likeness (QED) is 0.219. The molecule has 11 heteroatoms. The van der Waals surface area contributed by atoms with Gasteiger partial charge in [0.25, 0.3) is 0 Å². The van der Waals surface area contributed by atoms with Crippen LogP contribution in [0.1, 0.15) is 44.6 Å². The average Bonchev–Trinajstić information content (AvgIpc) is 3.13. The fraction of sp³-hybridized carbons (Fsp3) is 0.550. The lowest BCUT2D eigenvalue weighted by atomic mass is 10.1. The summed E-state index contributed by atoms with van der Waals surface area (Å²) >= 11 is 0. The molecular weight excluding hydrogens is 529 g/mol. The Kier molecular flexibility index (Phi) is 12.0. The van der Waals surface area contributed by atoms with E-state index in [1.165, 1.54) is 0 Å². The van der Waals surface area contributed by atoms with Crippen LogP contribution in [0, 0.1) is 0 Å². The molecular formula is C20H34IN7O2S. The van der Waals surface area contributed by atoms with Gasteiger partial charge in [-0.1, -0.05) is 31.2 Å². The van der Waals surface area contributed by atoms with Crippen molar-refractivity contribution in [2.75, 3.05) is 13.1 Å². The van der Waals surface area contributed by atoms with E-state index in [2.05, 4.69) is 30.5 Å². The van der Waals surface area contributed by atoms with E-state index >= 15 is 0 Å². The normalized spacial score (nSPS) is 12.0. The van der Waals surface area contributed by atoms with Crippen LogP contribution in [0.2, 0.25) is 0 Å². The number of hydrogen-bond acceptors (Lipinski definition) is 5. The van der Waals surface area contributed by atoms with Crippen molar-refractivity contribution in [2.24, 2.45) is 4.99 Å². The predicted octanol–water partition coefficient (Wildman–Crippen LogP) is 2.04. The van der Waals surface area contributed by atoms with Crippen LogP contribution >= 0.6 is 24.0 Å². The van der Waals surface area contributed by atoms with Crippen LogP contribution < -0.4 is 15.4 Å². The van der Waals surface area contributed by atoms with Crippen LogP contribution in [0.25, 0.3) is 0 Å². The number of benzene rings is 1. The molecule has 0 aliphatic heterocycles. The van der Waals surface area contributed by atoms with Gasteiger partial charge in [-0.15, -0.1) is 34.2 Å². The Morgan fingerprint density at radius 1 is 1.16 bits per heavy atom. The molecule has 0 spiro atoms. The topological polar surface area (TPSA) is 113 Å². The third-order valence-corrected chi connectivity index (χ3v) is 5.81. The first-order valence-corrected chi connectivity index (χ1v) is 12.0. The molecule has 174 valence electrons. The number of aromatic nitrogens is 3. The van der Waals surface area contributed by atoms with Gasteiger partial charge in [0.05, 0.1) is 12.3 Å². The Morgan fingerprint density at radius 2 is 1.87 bits per heavy atom. The molecule has 2 aromatic rings. The zero-order valence-corrected chi connectivity index (χ0v) is 21.8. The first kappa shape index (κ1) is 27.3. The van der Waals surface area contributed by atoms with Gasteiger partial charge >= 0.3 is 0 Å². The number of aryl methyl sites for hydroxylation is 1. The minimum absolute atomic E-state index is 0. The Bertz CT molecular complexity index is 929. The minimum atomic E-state index is -3.40. The van der Waals surface area contributed by atoms with Crippen LogP contribution in [-0.2, 0) is 35.3 Å². The largest absolute Gasteiger partial charge is 0.357 e. The molecule has 0 saturated heterocycles. The van der Waals surface area contributed by atoms with Crippen LogP contribution in [-0.4, -0.2) is 48.3 Å². The highest BCUT2D eigenvalue weighted by molar-refractivity contribution is 14.0. The Hall–Kier alpha value is -1.73. The molecule has 1 heterocycles. The molecule has 1 aromatic heterocycles. The second-order valence-electron chi connectivity index (χ2n) is 7.22. The summed E-state index contributed by atoms with van der Waals surface area (Å²) in [6.07, 6.45) is 2.56. The van der Waals surface area contributed by atoms with Gasteiger partial charge in [-0.25, -0.2) is 18.1 Å². The molecule has 0 fully saturated rings. The molecule has 1 aromatic carbocycles. The third kappa shape index (κ3) is 9.52. The number of halogens is 1. The van der Waals surface area contributed by atoms with E-state index in [9.17, 15) is 8.42 Å². The Labute approximate surface area is 202 Å². The monoisotopic (exact) mass is 563 g/mol. The number of sulfonamides is 1. The van der Waals surface area contributed by atoms with Crippen molar-refractivity contribution in [3.8, 4) is 0 Å². The summed E-state index contributed by atoms with van der Waals surface area (Å²) in [6.45, 7) is 10.2. The van der Waals surface area contributed by atoms with E-state index in [4.69, 9.17) is 0 Å².